The van der Waals surface area contributed by atoms with Gasteiger partial charge in [0.05, 0.1) is 12.2 Å². The number of carbonyl (C=O) groups is 1. The molecule has 0 aliphatic carbocycles. The molecule has 2 atom stereocenters. The molecular weight excluding hydrogens is 140 g/mol. The molecule has 2 heteroatoms. The van der Waals surface area contributed by atoms with Crippen LogP contribution < -0.4 is 0 Å². The second-order valence-corrected chi connectivity index (χ2v) is 3.62. The van der Waals surface area contributed by atoms with Crippen molar-refractivity contribution in [3.05, 3.63) is 0 Å². The molecule has 1 rings (SSSR count). The molecule has 1 aliphatic heterocycles. The molecular formula is C9H16O2. The monoisotopic (exact) mass is 156 g/mol. The standard InChI is InChI=1S/C9H16O2/c1-6(2)9-8(11-9)5-4-7(3)10/h6,8-9H,4-5H2,1-3H3/t8-,9-/m1/s1. The van der Waals surface area contributed by atoms with Gasteiger partial charge in [-0.2, -0.15) is 0 Å². The second-order valence-electron chi connectivity index (χ2n) is 3.62. The van der Waals surface area contributed by atoms with E-state index in [1.807, 2.05) is 0 Å². The highest BCUT2D eigenvalue weighted by atomic mass is 16.6. The Labute approximate surface area is 67.9 Å². The SMILES string of the molecule is CC(=O)CC[C@H]1O[C@@H]1C(C)C. The van der Waals surface area contributed by atoms with Gasteiger partial charge >= 0.3 is 0 Å². The zero-order chi connectivity index (χ0) is 8.43. The first-order chi connectivity index (χ1) is 5.11. The number of ether oxygens (including phenoxy) is 1. The minimum absolute atomic E-state index is 0.267. The maximum atomic E-state index is 10.6. The number of rotatable bonds is 4. The topological polar surface area (TPSA) is 29.6 Å². The van der Waals surface area contributed by atoms with E-state index in [-0.39, 0.29) is 5.78 Å². The van der Waals surface area contributed by atoms with Crippen molar-refractivity contribution < 1.29 is 9.53 Å². The highest BCUT2D eigenvalue weighted by molar-refractivity contribution is 5.75. The van der Waals surface area contributed by atoms with Crippen LogP contribution in [-0.2, 0) is 9.53 Å². The van der Waals surface area contributed by atoms with Crippen molar-refractivity contribution in [3.8, 4) is 0 Å². The molecule has 0 spiro atoms. The molecule has 1 saturated heterocycles. The Kier molecular flexibility index (Phi) is 2.66. The molecule has 0 aromatic heterocycles. The van der Waals surface area contributed by atoms with Crippen molar-refractivity contribution in [3.63, 3.8) is 0 Å². The van der Waals surface area contributed by atoms with Gasteiger partial charge in [0.25, 0.3) is 0 Å². The van der Waals surface area contributed by atoms with E-state index >= 15 is 0 Å². The molecule has 0 aromatic carbocycles. The molecule has 0 unspecified atom stereocenters. The predicted octanol–water partition coefficient (Wildman–Crippen LogP) is 1.78. The number of hydrogen-bond acceptors (Lipinski definition) is 2. The molecule has 1 aliphatic rings. The fourth-order valence-electron chi connectivity index (χ4n) is 1.32. The Bertz CT molecular complexity index is 152. The second kappa shape index (κ2) is 3.35. The van der Waals surface area contributed by atoms with Crippen LogP contribution in [0.2, 0.25) is 0 Å². The van der Waals surface area contributed by atoms with Crippen molar-refractivity contribution in [1.82, 2.24) is 0 Å². The molecule has 2 nitrogen and oxygen atoms in total. The summed E-state index contributed by atoms with van der Waals surface area (Å²) >= 11 is 0. The summed E-state index contributed by atoms with van der Waals surface area (Å²) in [4.78, 5) is 10.6. The fourth-order valence-corrected chi connectivity index (χ4v) is 1.32. The summed E-state index contributed by atoms with van der Waals surface area (Å²) in [7, 11) is 0. The predicted molar refractivity (Wildman–Crippen MR) is 43.4 cm³/mol. The van der Waals surface area contributed by atoms with E-state index in [4.69, 9.17) is 4.74 Å². The van der Waals surface area contributed by atoms with Crippen LogP contribution in [0.3, 0.4) is 0 Å². The highest BCUT2D eigenvalue weighted by Gasteiger charge is 2.40. The zero-order valence-corrected chi connectivity index (χ0v) is 7.46. The summed E-state index contributed by atoms with van der Waals surface area (Å²) in [5, 5.41) is 0. The molecule has 64 valence electrons. The average Bonchev–Trinajstić information content (AvgIpc) is 2.61. The van der Waals surface area contributed by atoms with Gasteiger partial charge in [-0.25, -0.2) is 0 Å². The Morgan fingerprint density at radius 1 is 1.55 bits per heavy atom. The highest BCUT2D eigenvalue weighted by Crippen LogP contribution is 2.32. The van der Waals surface area contributed by atoms with E-state index in [0.717, 1.165) is 6.42 Å². The van der Waals surface area contributed by atoms with Crippen LogP contribution in [0, 0.1) is 5.92 Å². The lowest BCUT2D eigenvalue weighted by molar-refractivity contribution is -0.117. The zero-order valence-electron chi connectivity index (χ0n) is 7.46. The van der Waals surface area contributed by atoms with E-state index in [0.29, 0.717) is 24.5 Å². The molecule has 11 heavy (non-hydrogen) atoms. The molecule has 0 bridgehead atoms. The molecule has 1 heterocycles. The van der Waals surface area contributed by atoms with Crippen molar-refractivity contribution in [1.29, 1.82) is 0 Å². The van der Waals surface area contributed by atoms with E-state index < -0.39 is 0 Å². The van der Waals surface area contributed by atoms with Gasteiger partial charge in [-0.05, 0) is 19.3 Å². The van der Waals surface area contributed by atoms with Crippen molar-refractivity contribution in [2.24, 2.45) is 5.92 Å². The molecule has 0 N–H and O–H groups in total. The third-order valence-electron chi connectivity index (χ3n) is 2.06. The van der Waals surface area contributed by atoms with Crippen molar-refractivity contribution in [2.45, 2.75) is 45.8 Å². The Hall–Kier alpha value is -0.370. The summed E-state index contributed by atoms with van der Waals surface area (Å²) in [6, 6.07) is 0. The minimum atomic E-state index is 0.267. The molecule has 1 fully saturated rings. The van der Waals surface area contributed by atoms with Gasteiger partial charge in [-0.15, -0.1) is 0 Å². The largest absolute Gasteiger partial charge is 0.369 e. The third-order valence-corrected chi connectivity index (χ3v) is 2.06. The maximum Gasteiger partial charge on any atom is 0.129 e. The number of carbonyl (C=O) groups excluding carboxylic acids is 1. The Morgan fingerprint density at radius 2 is 2.18 bits per heavy atom. The van der Waals surface area contributed by atoms with Crippen LogP contribution in [0.25, 0.3) is 0 Å². The Balaban J connectivity index is 2.09. The van der Waals surface area contributed by atoms with Gasteiger partial charge in [0.2, 0.25) is 0 Å². The van der Waals surface area contributed by atoms with Gasteiger partial charge in [-0.1, -0.05) is 13.8 Å². The van der Waals surface area contributed by atoms with Crippen LogP contribution in [0.4, 0.5) is 0 Å². The normalized spacial score (nSPS) is 29.1. The lowest BCUT2D eigenvalue weighted by Crippen LogP contribution is -2.03. The van der Waals surface area contributed by atoms with Crippen LogP contribution in [0.1, 0.15) is 33.6 Å². The van der Waals surface area contributed by atoms with Crippen LogP contribution in [-0.4, -0.2) is 18.0 Å². The fraction of sp³-hybridized carbons (Fsp3) is 0.889. The van der Waals surface area contributed by atoms with Crippen molar-refractivity contribution >= 4 is 5.78 Å². The summed E-state index contributed by atoms with van der Waals surface area (Å²) < 4.78 is 5.38. The lowest BCUT2D eigenvalue weighted by Gasteiger charge is -1.95. The molecule has 0 radical (unpaired) electrons. The molecule has 0 saturated carbocycles. The number of ketones is 1. The van der Waals surface area contributed by atoms with Gasteiger partial charge in [-0.3, -0.25) is 0 Å². The van der Waals surface area contributed by atoms with E-state index in [1.165, 1.54) is 0 Å². The number of Topliss-reactive ketones (excluding diaryl/α,β-unsaturated/α-hetero) is 1. The molecule has 0 amide bonds. The van der Waals surface area contributed by atoms with Crippen LogP contribution >= 0.6 is 0 Å². The quantitative estimate of drug-likeness (QED) is 0.581. The Morgan fingerprint density at radius 3 is 2.55 bits per heavy atom. The van der Waals surface area contributed by atoms with Gasteiger partial charge < -0.3 is 9.53 Å². The minimum Gasteiger partial charge on any atom is -0.369 e. The van der Waals surface area contributed by atoms with E-state index in [1.54, 1.807) is 6.92 Å². The number of hydrogen-bond donors (Lipinski definition) is 0. The first-order valence-electron chi connectivity index (χ1n) is 4.26. The van der Waals surface area contributed by atoms with E-state index in [2.05, 4.69) is 13.8 Å². The summed E-state index contributed by atoms with van der Waals surface area (Å²) in [6.45, 7) is 5.93. The van der Waals surface area contributed by atoms with Crippen LogP contribution in [0.15, 0.2) is 0 Å². The summed E-state index contributed by atoms with van der Waals surface area (Å²) in [6.07, 6.45) is 2.39. The van der Waals surface area contributed by atoms with Gasteiger partial charge in [0.1, 0.15) is 5.78 Å². The molecule has 0 aromatic rings. The first-order valence-corrected chi connectivity index (χ1v) is 4.26. The van der Waals surface area contributed by atoms with E-state index in [9.17, 15) is 4.79 Å². The van der Waals surface area contributed by atoms with Gasteiger partial charge in [0.15, 0.2) is 0 Å². The maximum absolute atomic E-state index is 10.6. The smallest absolute Gasteiger partial charge is 0.129 e. The first kappa shape index (κ1) is 8.72. The van der Waals surface area contributed by atoms with Crippen molar-refractivity contribution in [2.75, 3.05) is 0 Å². The summed E-state index contributed by atoms with van der Waals surface area (Å²) in [5.74, 6) is 0.870. The lowest BCUT2D eigenvalue weighted by atomic mass is 10.0. The summed E-state index contributed by atoms with van der Waals surface area (Å²) in [5.41, 5.74) is 0. The average molecular weight is 156 g/mol. The third kappa shape index (κ3) is 2.62. The number of epoxide rings is 1. The van der Waals surface area contributed by atoms with Crippen LogP contribution in [0.5, 0.6) is 0 Å². The van der Waals surface area contributed by atoms with Gasteiger partial charge in [0, 0.05) is 6.42 Å².